The van der Waals surface area contributed by atoms with Crippen LogP contribution in [0.2, 0.25) is 0 Å². The molecule has 0 N–H and O–H groups in total. The number of nitrogens with zero attached hydrogens (tertiary/aromatic N) is 3. The van der Waals surface area contributed by atoms with E-state index in [1.54, 1.807) is 25.9 Å². The molecule has 0 bridgehead atoms. The average molecular weight is 440 g/mol. The Morgan fingerprint density at radius 3 is 2.32 bits per heavy atom. The normalized spacial score (nSPS) is 13.6. The smallest absolute Gasteiger partial charge is 0.271 e. The van der Waals surface area contributed by atoms with Crippen molar-refractivity contribution in [2.45, 2.75) is 20.5 Å². The van der Waals surface area contributed by atoms with E-state index in [0.29, 0.717) is 35.1 Å². The number of aryl methyl sites for hydroxylation is 2. The minimum Gasteiger partial charge on any atom is -0.493 e. The molecule has 0 saturated carbocycles. The van der Waals surface area contributed by atoms with Gasteiger partial charge in [0.25, 0.3) is 5.56 Å². The number of ether oxygens (including phenoxy) is 3. The molecule has 0 unspecified atom stereocenters. The van der Waals surface area contributed by atoms with E-state index in [9.17, 15) is 4.79 Å². The number of methoxy groups -OCH3 is 3. The number of anilines is 1. The van der Waals surface area contributed by atoms with Crippen molar-refractivity contribution < 1.29 is 14.2 Å². The maximum Gasteiger partial charge on any atom is 0.271 e. The molecule has 0 saturated heterocycles. The molecule has 4 rings (SSSR count). The van der Waals surface area contributed by atoms with Crippen molar-refractivity contribution in [2.24, 2.45) is 4.99 Å². The van der Waals surface area contributed by atoms with Gasteiger partial charge in [-0.1, -0.05) is 17.4 Å². The van der Waals surface area contributed by atoms with Gasteiger partial charge in [-0.15, -0.1) is 0 Å². The highest BCUT2D eigenvalue weighted by atomic mass is 32.1. The van der Waals surface area contributed by atoms with Crippen LogP contribution in [0.15, 0.2) is 40.1 Å². The first-order chi connectivity index (χ1) is 14.9. The first-order valence-corrected chi connectivity index (χ1v) is 10.6. The lowest BCUT2D eigenvalue weighted by molar-refractivity contribution is 0.324. The van der Waals surface area contributed by atoms with E-state index in [-0.39, 0.29) is 5.56 Å². The lowest BCUT2D eigenvalue weighted by atomic mass is 10.1. The molecule has 3 aromatic rings. The number of benzene rings is 2. The van der Waals surface area contributed by atoms with Crippen molar-refractivity contribution in [3.8, 4) is 17.2 Å². The highest BCUT2D eigenvalue weighted by Gasteiger charge is 2.17. The predicted molar refractivity (Wildman–Crippen MR) is 122 cm³/mol. The highest BCUT2D eigenvalue weighted by Crippen LogP contribution is 2.38. The Bertz CT molecular complexity index is 1280. The van der Waals surface area contributed by atoms with Gasteiger partial charge in [-0.3, -0.25) is 9.36 Å². The summed E-state index contributed by atoms with van der Waals surface area (Å²) in [6, 6.07) is 9.95. The fourth-order valence-corrected chi connectivity index (χ4v) is 4.50. The van der Waals surface area contributed by atoms with E-state index in [1.807, 2.05) is 18.2 Å². The summed E-state index contributed by atoms with van der Waals surface area (Å²) >= 11 is 1.39. The monoisotopic (exact) mass is 439 g/mol. The van der Waals surface area contributed by atoms with Crippen LogP contribution in [0.5, 0.6) is 17.2 Å². The van der Waals surface area contributed by atoms with Crippen LogP contribution in [0.3, 0.4) is 0 Å². The van der Waals surface area contributed by atoms with Gasteiger partial charge >= 0.3 is 0 Å². The number of thiazole rings is 1. The van der Waals surface area contributed by atoms with Crippen LogP contribution in [0.4, 0.5) is 5.69 Å². The van der Waals surface area contributed by atoms with Crippen LogP contribution >= 0.6 is 11.3 Å². The Balaban J connectivity index is 1.73. The van der Waals surface area contributed by atoms with E-state index >= 15 is 0 Å². The topological polar surface area (TPSA) is 65.3 Å². The summed E-state index contributed by atoms with van der Waals surface area (Å²) in [6.07, 6.45) is 1.83. The van der Waals surface area contributed by atoms with Crippen molar-refractivity contribution in [1.29, 1.82) is 0 Å². The summed E-state index contributed by atoms with van der Waals surface area (Å²) in [6.45, 7) is 5.17. The molecule has 2 heterocycles. The fourth-order valence-electron chi connectivity index (χ4n) is 3.53. The van der Waals surface area contributed by atoms with Gasteiger partial charge in [-0.2, -0.15) is 0 Å². The molecule has 0 radical (unpaired) electrons. The van der Waals surface area contributed by atoms with E-state index in [0.717, 1.165) is 16.1 Å². The highest BCUT2D eigenvalue weighted by molar-refractivity contribution is 7.07. The molecule has 7 nitrogen and oxygen atoms in total. The Labute approximate surface area is 184 Å². The number of hydrogen-bond acceptors (Lipinski definition) is 7. The molecule has 0 fully saturated rings. The van der Waals surface area contributed by atoms with Gasteiger partial charge < -0.3 is 19.1 Å². The average Bonchev–Trinajstić information content (AvgIpc) is 3.09. The van der Waals surface area contributed by atoms with E-state index in [2.05, 4.69) is 41.9 Å². The number of hydrogen-bond donors (Lipinski definition) is 0. The second-order valence-corrected chi connectivity index (χ2v) is 8.34. The van der Waals surface area contributed by atoms with Crippen LogP contribution in [-0.2, 0) is 6.67 Å². The second-order valence-electron chi connectivity index (χ2n) is 7.33. The minimum absolute atomic E-state index is 0.0639. The molecule has 162 valence electrons. The van der Waals surface area contributed by atoms with Crippen LogP contribution < -0.4 is 34.0 Å². The first-order valence-electron chi connectivity index (χ1n) is 9.83. The summed E-state index contributed by atoms with van der Waals surface area (Å²) in [5.41, 5.74) is 4.25. The molecule has 0 spiro atoms. The molecule has 0 atom stereocenters. The van der Waals surface area contributed by atoms with Crippen LogP contribution in [0.25, 0.3) is 6.08 Å². The number of aromatic nitrogens is 1. The minimum atomic E-state index is -0.0639. The Morgan fingerprint density at radius 2 is 1.71 bits per heavy atom. The summed E-state index contributed by atoms with van der Waals surface area (Å²) < 4.78 is 18.5. The van der Waals surface area contributed by atoms with Gasteiger partial charge in [0.15, 0.2) is 16.3 Å². The van der Waals surface area contributed by atoms with Gasteiger partial charge in [0, 0.05) is 5.69 Å². The van der Waals surface area contributed by atoms with Crippen molar-refractivity contribution >= 4 is 23.1 Å². The largest absolute Gasteiger partial charge is 0.493 e. The molecule has 31 heavy (non-hydrogen) atoms. The van der Waals surface area contributed by atoms with E-state index < -0.39 is 0 Å². The lowest BCUT2D eigenvalue weighted by Crippen LogP contribution is -2.42. The maximum absolute atomic E-state index is 13.1. The van der Waals surface area contributed by atoms with Crippen LogP contribution in [0, 0.1) is 13.8 Å². The SMILES string of the molecule is COc1cc(C=c2sc3n(c2=O)CN(c2ccc(C)c(C)c2)CN=3)cc(OC)c1OC. The quantitative estimate of drug-likeness (QED) is 0.611. The Hall–Kier alpha value is -3.26. The summed E-state index contributed by atoms with van der Waals surface area (Å²) in [5.74, 6) is 1.60. The van der Waals surface area contributed by atoms with Gasteiger partial charge in [0.2, 0.25) is 5.75 Å². The molecule has 1 aliphatic heterocycles. The molecule has 1 aliphatic rings. The van der Waals surface area contributed by atoms with Crippen LogP contribution in [0.1, 0.15) is 16.7 Å². The van der Waals surface area contributed by atoms with Gasteiger partial charge in [0.1, 0.15) is 13.3 Å². The molecule has 8 heteroatoms. The van der Waals surface area contributed by atoms with E-state index in [1.165, 1.54) is 22.5 Å². The Morgan fingerprint density at radius 1 is 1.00 bits per heavy atom. The zero-order valence-electron chi connectivity index (χ0n) is 18.3. The summed E-state index contributed by atoms with van der Waals surface area (Å²) in [7, 11) is 4.70. The number of fused-ring (bicyclic) bond motifs is 1. The van der Waals surface area contributed by atoms with Gasteiger partial charge in [-0.25, -0.2) is 4.99 Å². The maximum atomic E-state index is 13.1. The molecular weight excluding hydrogens is 414 g/mol. The molecule has 1 aromatic heterocycles. The Kier molecular flexibility index (Phi) is 5.73. The number of rotatable bonds is 5. The predicted octanol–water partition coefficient (Wildman–Crippen LogP) is 2.44. The fraction of sp³-hybridized carbons (Fsp3) is 0.304. The standard InChI is InChI=1S/C23H25N3O4S/c1-14-6-7-17(8-15(14)2)25-12-24-23-26(13-25)22(27)20(31-23)11-16-9-18(28-3)21(30-5)19(10-16)29-4/h6-11H,12-13H2,1-5H3. The van der Waals surface area contributed by atoms with Crippen molar-refractivity contribution in [1.82, 2.24) is 4.57 Å². The summed E-state index contributed by atoms with van der Waals surface area (Å²) in [5, 5.41) is 0. The first kappa shape index (κ1) is 21.0. The molecule has 0 amide bonds. The van der Waals surface area contributed by atoms with Gasteiger partial charge in [0.05, 0.1) is 25.9 Å². The molecule has 2 aromatic carbocycles. The van der Waals surface area contributed by atoms with Crippen molar-refractivity contribution in [2.75, 3.05) is 32.9 Å². The van der Waals surface area contributed by atoms with Crippen molar-refractivity contribution in [3.05, 3.63) is 66.7 Å². The third kappa shape index (κ3) is 3.90. The molecular formula is C23H25N3O4S. The van der Waals surface area contributed by atoms with Gasteiger partial charge in [-0.05, 0) is 60.9 Å². The second kappa shape index (κ2) is 8.47. The van der Waals surface area contributed by atoms with Crippen LogP contribution in [-0.4, -0.2) is 32.6 Å². The third-order valence-electron chi connectivity index (χ3n) is 5.42. The lowest BCUT2D eigenvalue weighted by Gasteiger charge is -2.26. The summed E-state index contributed by atoms with van der Waals surface area (Å²) in [4.78, 5) is 20.6. The zero-order valence-corrected chi connectivity index (χ0v) is 19.1. The van der Waals surface area contributed by atoms with E-state index in [4.69, 9.17) is 14.2 Å². The zero-order chi connectivity index (χ0) is 22.1. The third-order valence-corrected chi connectivity index (χ3v) is 6.46. The van der Waals surface area contributed by atoms with Crippen molar-refractivity contribution in [3.63, 3.8) is 0 Å². The molecule has 0 aliphatic carbocycles.